The highest BCUT2D eigenvalue weighted by Crippen LogP contribution is 2.29. The number of benzene rings is 1. The summed E-state index contributed by atoms with van der Waals surface area (Å²) in [7, 11) is 0. The Kier molecular flexibility index (Phi) is 5.39. The number of halogens is 2. The lowest BCUT2D eigenvalue weighted by molar-refractivity contribution is -0.138. The van der Waals surface area contributed by atoms with Crippen LogP contribution in [0.3, 0.4) is 0 Å². The zero-order valence-corrected chi connectivity index (χ0v) is 11.9. The monoisotopic (exact) mass is 302 g/mol. The van der Waals surface area contributed by atoms with Crippen LogP contribution in [0.15, 0.2) is 17.7 Å². The molecule has 0 saturated carbocycles. The average Bonchev–Trinajstić information content (AvgIpc) is 2.33. The fourth-order valence-corrected chi connectivity index (χ4v) is 1.96. The Bertz CT molecular complexity index is 527. The van der Waals surface area contributed by atoms with E-state index in [0.29, 0.717) is 11.1 Å². The van der Waals surface area contributed by atoms with Gasteiger partial charge in [-0.2, -0.15) is 0 Å². The van der Waals surface area contributed by atoms with Gasteiger partial charge >= 0.3 is 11.9 Å². The van der Waals surface area contributed by atoms with Crippen molar-refractivity contribution in [2.24, 2.45) is 0 Å². The van der Waals surface area contributed by atoms with E-state index in [4.69, 9.17) is 33.0 Å². The summed E-state index contributed by atoms with van der Waals surface area (Å²) in [4.78, 5) is 22.3. The minimum atomic E-state index is -1.12. The van der Waals surface area contributed by atoms with Gasteiger partial charge in [0, 0.05) is 11.1 Å². The molecule has 0 spiro atoms. The Hall–Kier alpha value is -1.52. The van der Waals surface area contributed by atoms with Crippen molar-refractivity contribution in [3.63, 3.8) is 0 Å². The van der Waals surface area contributed by atoms with E-state index in [1.165, 1.54) is 18.2 Å². The second-order valence-corrected chi connectivity index (χ2v) is 4.52. The number of carboxylic acids is 1. The smallest absolute Gasteiger partial charge is 0.335 e. The van der Waals surface area contributed by atoms with Crippen molar-refractivity contribution in [1.82, 2.24) is 0 Å². The third-order valence-electron chi connectivity index (χ3n) is 2.28. The first kappa shape index (κ1) is 15.5. The molecular formula is C13H12Cl2O4. The number of hydrogen-bond acceptors (Lipinski definition) is 3. The molecule has 1 aromatic rings. The van der Waals surface area contributed by atoms with Crippen LogP contribution in [0.5, 0.6) is 0 Å². The maximum absolute atomic E-state index is 11.5. The molecule has 1 rings (SSSR count). The lowest BCUT2D eigenvalue weighted by Crippen LogP contribution is -2.05. The van der Waals surface area contributed by atoms with Gasteiger partial charge < -0.3 is 9.84 Å². The predicted molar refractivity (Wildman–Crippen MR) is 73.7 cm³/mol. The fourth-order valence-electron chi connectivity index (χ4n) is 1.37. The lowest BCUT2D eigenvalue weighted by Gasteiger charge is -2.06. The molecule has 0 amide bonds. The summed E-state index contributed by atoms with van der Waals surface area (Å²) in [5.74, 6) is -1.60. The predicted octanol–water partition coefficient (Wildman–Crippen LogP) is 3.66. The molecule has 0 atom stereocenters. The molecule has 0 aliphatic carbocycles. The molecule has 19 heavy (non-hydrogen) atoms. The molecule has 0 bridgehead atoms. The van der Waals surface area contributed by atoms with Crippen LogP contribution in [0, 0.1) is 0 Å². The Morgan fingerprint density at radius 3 is 2.26 bits per heavy atom. The molecule has 1 aromatic carbocycles. The molecular weight excluding hydrogens is 291 g/mol. The first-order valence-electron chi connectivity index (χ1n) is 5.44. The van der Waals surface area contributed by atoms with Crippen molar-refractivity contribution in [1.29, 1.82) is 0 Å². The molecule has 0 aliphatic rings. The summed E-state index contributed by atoms with van der Waals surface area (Å²) in [6.07, 6.45) is 1.47. The molecule has 102 valence electrons. The second-order valence-electron chi connectivity index (χ2n) is 3.71. The van der Waals surface area contributed by atoms with Crippen LogP contribution in [-0.2, 0) is 9.53 Å². The van der Waals surface area contributed by atoms with Crippen molar-refractivity contribution < 1.29 is 19.4 Å². The Balaban J connectivity index is 3.19. The van der Waals surface area contributed by atoms with E-state index < -0.39 is 11.9 Å². The van der Waals surface area contributed by atoms with Gasteiger partial charge in [0.05, 0.1) is 22.2 Å². The molecule has 0 radical (unpaired) electrons. The SMILES string of the molecule is CCOC(=O)C(C)=Cc1c(Cl)cc(C(=O)O)cc1Cl. The summed E-state index contributed by atoms with van der Waals surface area (Å²) in [6, 6.07) is 2.56. The minimum Gasteiger partial charge on any atom is -0.478 e. The molecule has 0 aliphatic heterocycles. The average molecular weight is 303 g/mol. The molecule has 0 aromatic heterocycles. The summed E-state index contributed by atoms with van der Waals surface area (Å²) in [6.45, 7) is 3.53. The van der Waals surface area contributed by atoms with Crippen LogP contribution in [0.2, 0.25) is 10.0 Å². The molecule has 0 heterocycles. The molecule has 1 N–H and O–H groups in total. The number of ether oxygens (including phenoxy) is 1. The second kappa shape index (κ2) is 6.59. The third kappa shape index (κ3) is 3.98. The molecule has 0 unspecified atom stereocenters. The standard InChI is InChI=1S/C13H12Cl2O4/c1-3-19-13(18)7(2)4-9-10(14)5-8(12(16)17)6-11(9)15/h4-6H,3H2,1-2H3,(H,16,17). The van der Waals surface area contributed by atoms with E-state index >= 15 is 0 Å². The van der Waals surface area contributed by atoms with Gasteiger partial charge in [0.15, 0.2) is 0 Å². The number of carbonyl (C=O) groups is 2. The number of rotatable bonds is 4. The van der Waals surface area contributed by atoms with Crippen molar-refractivity contribution >= 4 is 41.2 Å². The van der Waals surface area contributed by atoms with Crippen molar-refractivity contribution in [2.45, 2.75) is 13.8 Å². The van der Waals surface area contributed by atoms with E-state index in [1.54, 1.807) is 13.8 Å². The maximum atomic E-state index is 11.5. The zero-order chi connectivity index (χ0) is 14.6. The van der Waals surface area contributed by atoms with Crippen LogP contribution < -0.4 is 0 Å². The highest BCUT2D eigenvalue weighted by Gasteiger charge is 2.13. The Morgan fingerprint density at radius 2 is 1.84 bits per heavy atom. The zero-order valence-electron chi connectivity index (χ0n) is 10.4. The summed E-state index contributed by atoms with van der Waals surface area (Å²) in [5.41, 5.74) is 0.702. The van der Waals surface area contributed by atoms with Crippen molar-refractivity contribution in [3.8, 4) is 0 Å². The quantitative estimate of drug-likeness (QED) is 0.681. The number of hydrogen-bond donors (Lipinski definition) is 1. The lowest BCUT2D eigenvalue weighted by atomic mass is 10.1. The third-order valence-corrected chi connectivity index (χ3v) is 2.91. The molecule has 6 heteroatoms. The summed E-state index contributed by atoms with van der Waals surface area (Å²) in [5, 5.41) is 9.18. The summed E-state index contributed by atoms with van der Waals surface area (Å²) < 4.78 is 4.83. The van der Waals surface area contributed by atoms with Gasteiger partial charge in [0.2, 0.25) is 0 Å². The molecule has 0 saturated heterocycles. The normalized spacial score (nSPS) is 11.3. The minimum absolute atomic E-state index is 0.0130. The van der Waals surface area contributed by atoms with E-state index in [0.717, 1.165) is 0 Å². The van der Waals surface area contributed by atoms with Crippen LogP contribution >= 0.6 is 23.2 Å². The fraction of sp³-hybridized carbons (Fsp3) is 0.231. The van der Waals surface area contributed by atoms with Crippen LogP contribution in [0.25, 0.3) is 6.08 Å². The van der Waals surface area contributed by atoms with Gasteiger partial charge in [-0.25, -0.2) is 9.59 Å². The highest BCUT2D eigenvalue weighted by molar-refractivity contribution is 6.37. The number of esters is 1. The van der Waals surface area contributed by atoms with Gasteiger partial charge in [-0.05, 0) is 32.1 Å². The van der Waals surface area contributed by atoms with Crippen LogP contribution in [-0.4, -0.2) is 23.7 Å². The first-order chi connectivity index (χ1) is 8.86. The van der Waals surface area contributed by atoms with Gasteiger partial charge in [0.25, 0.3) is 0 Å². The highest BCUT2D eigenvalue weighted by atomic mass is 35.5. The number of carbonyl (C=O) groups excluding carboxylic acids is 1. The largest absolute Gasteiger partial charge is 0.478 e. The first-order valence-corrected chi connectivity index (χ1v) is 6.20. The van der Waals surface area contributed by atoms with E-state index in [-0.39, 0.29) is 22.2 Å². The number of carboxylic acid groups (broad SMARTS) is 1. The Labute approximate surface area is 120 Å². The van der Waals surface area contributed by atoms with E-state index in [2.05, 4.69) is 0 Å². The van der Waals surface area contributed by atoms with Crippen molar-refractivity contribution in [3.05, 3.63) is 38.9 Å². The topological polar surface area (TPSA) is 63.6 Å². The van der Waals surface area contributed by atoms with E-state index in [9.17, 15) is 9.59 Å². The summed E-state index contributed by atoms with van der Waals surface area (Å²) >= 11 is 11.9. The van der Waals surface area contributed by atoms with Gasteiger partial charge in [-0.1, -0.05) is 23.2 Å². The maximum Gasteiger partial charge on any atom is 0.335 e. The van der Waals surface area contributed by atoms with Gasteiger partial charge in [-0.3, -0.25) is 0 Å². The van der Waals surface area contributed by atoms with Crippen LogP contribution in [0.4, 0.5) is 0 Å². The van der Waals surface area contributed by atoms with Gasteiger partial charge in [-0.15, -0.1) is 0 Å². The van der Waals surface area contributed by atoms with E-state index in [1.807, 2.05) is 0 Å². The van der Waals surface area contributed by atoms with Crippen LogP contribution in [0.1, 0.15) is 29.8 Å². The van der Waals surface area contributed by atoms with Gasteiger partial charge in [0.1, 0.15) is 0 Å². The van der Waals surface area contributed by atoms with Crippen molar-refractivity contribution in [2.75, 3.05) is 6.61 Å². The Morgan fingerprint density at radius 1 is 1.32 bits per heavy atom. The molecule has 4 nitrogen and oxygen atoms in total. The molecule has 0 fully saturated rings. The number of aromatic carboxylic acids is 1.